The van der Waals surface area contributed by atoms with Crippen molar-refractivity contribution < 1.29 is 18.7 Å². The molecule has 1 fully saturated rings. The van der Waals surface area contributed by atoms with Gasteiger partial charge in [0.25, 0.3) is 0 Å². The molecule has 0 radical (unpaired) electrons. The van der Waals surface area contributed by atoms with E-state index >= 15 is 0 Å². The third-order valence-electron chi connectivity index (χ3n) is 2.78. The van der Waals surface area contributed by atoms with Crippen LogP contribution in [-0.4, -0.2) is 31.1 Å². The van der Waals surface area contributed by atoms with E-state index in [1.807, 2.05) is 0 Å². The second kappa shape index (κ2) is 4.73. The number of halogens is 1. The Morgan fingerprint density at radius 2 is 2.33 bits per heavy atom. The summed E-state index contributed by atoms with van der Waals surface area (Å²) in [5.74, 6) is -1.01. The van der Waals surface area contributed by atoms with Gasteiger partial charge >= 0.3 is 6.09 Å². The molecule has 1 aliphatic rings. The van der Waals surface area contributed by atoms with Crippen molar-refractivity contribution in [3.05, 3.63) is 29.6 Å². The largest absolute Gasteiger partial charge is 0.443 e. The van der Waals surface area contributed by atoms with E-state index in [9.17, 15) is 14.0 Å². The molecule has 1 amide bonds. The summed E-state index contributed by atoms with van der Waals surface area (Å²) in [5, 5.41) is 0. The highest BCUT2D eigenvalue weighted by Gasteiger charge is 2.31. The van der Waals surface area contributed by atoms with Gasteiger partial charge in [-0.15, -0.1) is 0 Å². The molecule has 1 aliphatic heterocycles. The molecule has 18 heavy (non-hydrogen) atoms. The minimum atomic E-state index is -0.649. The summed E-state index contributed by atoms with van der Waals surface area (Å²) < 4.78 is 18.6. The number of nitrogens with zero attached hydrogens (tertiary/aromatic N) is 1. The summed E-state index contributed by atoms with van der Waals surface area (Å²) in [6, 6.07) is 4.02. The van der Waals surface area contributed by atoms with Gasteiger partial charge in [0.1, 0.15) is 11.9 Å². The van der Waals surface area contributed by atoms with Gasteiger partial charge in [-0.3, -0.25) is 9.69 Å². The smallest absolute Gasteiger partial charge is 0.414 e. The standard InChI is InChI=1S/C12H13FN2O3/c1-7(16)10-3-2-8(4-11(10)13)15-6-9(5-14)18-12(15)17/h2-4,9H,5-6,14H2,1H3/t9-/m0/s1. The first-order chi connectivity index (χ1) is 8.52. The predicted molar refractivity (Wildman–Crippen MR) is 63.1 cm³/mol. The van der Waals surface area contributed by atoms with E-state index in [4.69, 9.17) is 10.5 Å². The van der Waals surface area contributed by atoms with E-state index < -0.39 is 11.9 Å². The number of carbonyl (C=O) groups excluding carboxylic acids is 2. The summed E-state index contributed by atoms with van der Waals surface area (Å²) in [6.45, 7) is 1.79. The Morgan fingerprint density at radius 1 is 1.61 bits per heavy atom. The molecule has 96 valence electrons. The summed E-state index contributed by atoms with van der Waals surface area (Å²) in [4.78, 5) is 23.9. The van der Waals surface area contributed by atoms with Gasteiger partial charge in [-0.05, 0) is 25.1 Å². The lowest BCUT2D eigenvalue weighted by Crippen LogP contribution is -2.27. The highest BCUT2D eigenvalue weighted by molar-refractivity contribution is 5.95. The number of amides is 1. The van der Waals surface area contributed by atoms with E-state index in [1.54, 1.807) is 0 Å². The highest BCUT2D eigenvalue weighted by atomic mass is 19.1. The summed E-state index contributed by atoms with van der Waals surface area (Å²) in [6.07, 6.45) is -0.937. The minimum Gasteiger partial charge on any atom is -0.443 e. The zero-order valence-corrected chi connectivity index (χ0v) is 9.85. The zero-order chi connectivity index (χ0) is 13.3. The monoisotopic (exact) mass is 252 g/mol. The quantitative estimate of drug-likeness (QED) is 0.823. The lowest BCUT2D eigenvalue weighted by Gasteiger charge is -2.13. The van der Waals surface area contributed by atoms with Gasteiger partial charge in [0.15, 0.2) is 5.78 Å². The van der Waals surface area contributed by atoms with Gasteiger partial charge in [0.2, 0.25) is 0 Å². The number of hydrogen-bond acceptors (Lipinski definition) is 4. The van der Waals surface area contributed by atoms with Crippen molar-refractivity contribution in [1.29, 1.82) is 0 Å². The third-order valence-corrected chi connectivity index (χ3v) is 2.78. The summed E-state index contributed by atoms with van der Waals surface area (Å²) in [5.41, 5.74) is 5.77. The predicted octanol–water partition coefficient (Wildman–Crippen LogP) is 1.31. The lowest BCUT2D eigenvalue weighted by molar-refractivity contribution is 0.101. The Labute approximate surface area is 103 Å². The normalized spacial score (nSPS) is 18.9. The second-order valence-electron chi connectivity index (χ2n) is 4.07. The molecule has 2 N–H and O–H groups in total. The number of ketones is 1. The third kappa shape index (κ3) is 2.19. The molecule has 5 nitrogen and oxygen atoms in total. The van der Waals surface area contributed by atoms with Crippen LogP contribution in [0.3, 0.4) is 0 Å². The van der Waals surface area contributed by atoms with E-state index in [2.05, 4.69) is 0 Å². The maximum absolute atomic E-state index is 13.6. The van der Waals surface area contributed by atoms with Crippen LogP contribution in [0.1, 0.15) is 17.3 Å². The highest BCUT2D eigenvalue weighted by Crippen LogP contribution is 2.23. The van der Waals surface area contributed by atoms with E-state index in [0.717, 1.165) is 6.07 Å². The SMILES string of the molecule is CC(=O)c1ccc(N2C[C@H](CN)OC2=O)cc1F. The van der Waals surface area contributed by atoms with Crippen LogP contribution in [0.4, 0.5) is 14.9 Å². The number of anilines is 1. The molecule has 0 saturated carbocycles. The van der Waals surface area contributed by atoms with Crippen molar-refractivity contribution >= 4 is 17.6 Å². The molecule has 1 aromatic rings. The zero-order valence-electron chi connectivity index (χ0n) is 9.85. The average Bonchev–Trinajstić information content (AvgIpc) is 2.70. The Bertz CT molecular complexity index is 504. The topological polar surface area (TPSA) is 72.6 Å². The number of cyclic esters (lactones) is 1. The van der Waals surface area contributed by atoms with Gasteiger partial charge < -0.3 is 10.5 Å². The Balaban J connectivity index is 2.27. The summed E-state index contributed by atoms with van der Waals surface area (Å²) in [7, 11) is 0. The molecule has 0 aromatic heterocycles. The van der Waals surface area contributed by atoms with Crippen molar-refractivity contribution in [1.82, 2.24) is 0 Å². The molecule has 1 aromatic carbocycles. The molecule has 1 saturated heterocycles. The van der Waals surface area contributed by atoms with Crippen LogP contribution in [0.2, 0.25) is 0 Å². The number of hydrogen-bond donors (Lipinski definition) is 1. The molecular formula is C12H13FN2O3. The van der Waals surface area contributed by atoms with Crippen LogP contribution < -0.4 is 10.6 Å². The molecule has 0 unspecified atom stereocenters. The number of ether oxygens (including phenoxy) is 1. The van der Waals surface area contributed by atoms with Gasteiger partial charge in [-0.1, -0.05) is 0 Å². The van der Waals surface area contributed by atoms with Crippen LogP contribution >= 0.6 is 0 Å². The molecule has 0 aliphatic carbocycles. The molecule has 0 spiro atoms. The number of Topliss-reactive ketones (excluding diaryl/α,β-unsaturated/α-hetero) is 1. The molecular weight excluding hydrogens is 239 g/mol. The molecule has 2 rings (SSSR count). The van der Waals surface area contributed by atoms with Crippen LogP contribution in [0.25, 0.3) is 0 Å². The van der Waals surface area contributed by atoms with Crippen molar-refractivity contribution in [3.8, 4) is 0 Å². The van der Waals surface area contributed by atoms with Gasteiger partial charge in [-0.2, -0.15) is 0 Å². The maximum Gasteiger partial charge on any atom is 0.414 e. The number of benzene rings is 1. The van der Waals surface area contributed by atoms with Crippen LogP contribution in [-0.2, 0) is 4.74 Å². The van der Waals surface area contributed by atoms with Crippen LogP contribution in [0, 0.1) is 5.82 Å². The Hall–Kier alpha value is -1.95. The van der Waals surface area contributed by atoms with Crippen LogP contribution in [0.15, 0.2) is 18.2 Å². The minimum absolute atomic E-state index is 0.00156. The maximum atomic E-state index is 13.6. The fourth-order valence-electron chi connectivity index (χ4n) is 1.81. The van der Waals surface area contributed by atoms with Gasteiger partial charge in [0.05, 0.1) is 17.8 Å². The first-order valence-corrected chi connectivity index (χ1v) is 5.51. The van der Waals surface area contributed by atoms with Crippen LogP contribution in [0.5, 0.6) is 0 Å². The van der Waals surface area contributed by atoms with Gasteiger partial charge in [-0.25, -0.2) is 9.18 Å². The molecule has 6 heteroatoms. The first-order valence-electron chi connectivity index (χ1n) is 5.51. The fourth-order valence-corrected chi connectivity index (χ4v) is 1.81. The van der Waals surface area contributed by atoms with Crippen molar-refractivity contribution in [2.24, 2.45) is 5.73 Å². The van der Waals surface area contributed by atoms with Crippen molar-refractivity contribution in [3.63, 3.8) is 0 Å². The lowest BCUT2D eigenvalue weighted by atomic mass is 10.1. The van der Waals surface area contributed by atoms with Gasteiger partial charge in [0, 0.05) is 6.54 Å². The second-order valence-corrected chi connectivity index (χ2v) is 4.07. The fraction of sp³-hybridized carbons (Fsp3) is 0.333. The molecule has 1 heterocycles. The molecule has 0 bridgehead atoms. The number of rotatable bonds is 3. The van der Waals surface area contributed by atoms with E-state index in [0.29, 0.717) is 5.69 Å². The molecule has 1 atom stereocenters. The van der Waals surface area contributed by atoms with Crippen molar-refractivity contribution in [2.45, 2.75) is 13.0 Å². The number of carbonyl (C=O) groups is 2. The van der Waals surface area contributed by atoms with E-state index in [1.165, 1.54) is 24.0 Å². The summed E-state index contributed by atoms with van der Waals surface area (Å²) >= 11 is 0. The Morgan fingerprint density at radius 3 is 2.83 bits per heavy atom. The average molecular weight is 252 g/mol. The van der Waals surface area contributed by atoms with Crippen molar-refractivity contribution in [2.75, 3.05) is 18.0 Å². The first kappa shape index (κ1) is 12.5. The number of nitrogens with two attached hydrogens (primary N) is 1. The van der Waals surface area contributed by atoms with E-state index in [-0.39, 0.29) is 30.5 Å². The Kier molecular flexibility index (Phi) is 3.29.